The summed E-state index contributed by atoms with van der Waals surface area (Å²) in [7, 11) is 1.66. The van der Waals surface area contributed by atoms with Crippen LogP contribution in [0.3, 0.4) is 0 Å². The first-order valence-corrected chi connectivity index (χ1v) is 7.47. The molecule has 22 heavy (non-hydrogen) atoms. The predicted molar refractivity (Wildman–Crippen MR) is 87.0 cm³/mol. The van der Waals surface area contributed by atoms with E-state index in [4.69, 9.17) is 9.47 Å². The number of fused-ring (bicyclic) bond motifs is 1. The summed E-state index contributed by atoms with van der Waals surface area (Å²) in [5.74, 6) is 0.788. The summed E-state index contributed by atoms with van der Waals surface area (Å²) in [6.45, 7) is 2.31. The van der Waals surface area contributed by atoms with Crippen LogP contribution < -0.4 is 4.74 Å². The van der Waals surface area contributed by atoms with E-state index in [0.29, 0.717) is 6.61 Å². The number of aromatic nitrogens is 2. The molecule has 0 bridgehead atoms. The molecule has 1 aromatic carbocycles. The van der Waals surface area contributed by atoms with E-state index in [-0.39, 0.29) is 0 Å². The van der Waals surface area contributed by atoms with Gasteiger partial charge < -0.3 is 14.0 Å². The van der Waals surface area contributed by atoms with E-state index in [1.54, 1.807) is 13.3 Å². The van der Waals surface area contributed by atoms with Crippen LogP contribution in [0.1, 0.15) is 12.0 Å². The van der Waals surface area contributed by atoms with Crippen LogP contribution in [0.4, 0.5) is 0 Å². The Morgan fingerprint density at radius 3 is 2.82 bits per heavy atom. The van der Waals surface area contributed by atoms with Gasteiger partial charge in [-0.15, -0.1) is 0 Å². The van der Waals surface area contributed by atoms with Crippen LogP contribution in [0.15, 0.2) is 54.9 Å². The lowest BCUT2D eigenvalue weighted by atomic mass is 10.2. The van der Waals surface area contributed by atoms with Gasteiger partial charge in [-0.1, -0.05) is 30.3 Å². The highest BCUT2D eigenvalue weighted by Gasteiger charge is 2.03. The molecule has 0 aliphatic rings. The molecule has 0 amide bonds. The third-order valence-corrected chi connectivity index (χ3v) is 3.61. The molecular formula is C18H20N2O2. The smallest absolute Gasteiger partial charge is 0.140 e. The first-order chi connectivity index (χ1) is 10.9. The molecule has 4 heteroatoms. The number of hydrogen-bond donors (Lipinski definition) is 0. The highest BCUT2D eigenvalue weighted by molar-refractivity contribution is 5.77. The second-order valence-electron chi connectivity index (χ2n) is 5.19. The lowest BCUT2D eigenvalue weighted by Crippen LogP contribution is -2.02. The van der Waals surface area contributed by atoms with Gasteiger partial charge in [0, 0.05) is 24.7 Å². The van der Waals surface area contributed by atoms with Crippen LogP contribution in [-0.2, 0) is 17.9 Å². The van der Waals surface area contributed by atoms with Crippen LogP contribution in [0.25, 0.3) is 11.0 Å². The van der Waals surface area contributed by atoms with Crippen molar-refractivity contribution < 1.29 is 9.47 Å². The summed E-state index contributed by atoms with van der Waals surface area (Å²) in [5, 5.41) is 1.10. The summed E-state index contributed by atoms with van der Waals surface area (Å²) < 4.78 is 13.1. The summed E-state index contributed by atoms with van der Waals surface area (Å²) in [4.78, 5) is 4.46. The van der Waals surface area contributed by atoms with Crippen LogP contribution >= 0.6 is 0 Å². The molecule has 0 saturated heterocycles. The van der Waals surface area contributed by atoms with E-state index in [1.807, 2.05) is 24.3 Å². The van der Waals surface area contributed by atoms with Gasteiger partial charge in [-0.25, -0.2) is 4.98 Å². The Kier molecular flexibility index (Phi) is 4.71. The zero-order valence-corrected chi connectivity index (χ0v) is 12.7. The van der Waals surface area contributed by atoms with Crippen molar-refractivity contribution in [2.45, 2.75) is 19.6 Å². The third kappa shape index (κ3) is 3.46. The molecule has 4 nitrogen and oxygen atoms in total. The molecule has 0 saturated carbocycles. The van der Waals surface area contributed by atoms with Crippen LogP contribution in [-0.4, -0.2) is 23.3 Å². The SMILES string of the molecule is COc1cnc2c(ccn2CCCOCc2ccccc2)c1. The highest BCUT2D eigenvalue weighted by Crippen LogP contribution is 2.19. The molecule has 3 rings (SSSR count). The maximum Gasteiger partial charge on any atom is 0.140 e. The zero-order chi connectivity index (χ0) is 15.2. The number of nitrogens with zero attached hydrogens (tertiary/aromatic N) is 2. The van der Waals surface area contributed by atoms with Crippen molar-refractivity contribution in [3.05, 3.63) is 60.4 Å². The minimum absolute atomic E-state index is 0.669. The van der Waals surface area contributed by atoms with Gasteiger partial charge in [0.25, 0.3) is 0 Å². The molecule has 0 aliphatic heterocycles. The number of ether oxygens (including phenoxy) is 2. The zero-order valence-electron chi connectivity index (χ0n) is 12.7. The lowest BCUT2D eigenvalue weighted by Gasteiger charge is -2.07. The second kappa shape index (κ2) is 7.09. The van der Waals surface area contributed by atoms with Gasteiger partial charge in [0.15, 0.2) is 0 Å². The first-order valence-electron chi connectivity index (χ1n) is 7.47. The fourth-order valence-electron chi connectivity index (χ4n) is 2.45. The molecule has 114 valence electrons. The Bertz CT molecular complexity index is 722. The topological polar surface area (TPSA) is 36.3 Å². The monoisotopic (exact) mass is 296 g/mol. The molecule has 0 aliphatic carbocycles. The number of methoxy groups -OCH3 is 1. The van der Waals surface area contributed by atoms with E-state index in [9.17, 15) is 0 Å². The van der Waals surface area contributed by atoms with Crippen molar-refractivity contribution >= 4 is 11.0 Å². The van der Waals surface area contributed by atoms with Gasteiger partial charge in [0.05, 0.1) is 19.9 Å². The standard InChI is InChI=1S/C18H20N2O2/c1-21-17-12-16-8-10-20(18(16)19-13-17)9-5-11-22-14-15-6-3-2-4-7-15/h2-4,6-8,10,12-13H,5,9,11,14H2,1H3. The van der Waals surface area contributed by atoms with Gasteiger partial charge in [-0.2, -0.15) is 0 Å². The molecule has 0 radical (unpaired) electrons. The largest absolute Gasteiger partial charge is 0.495 e. The van der Waals surface area contributed by atoms with E-state index < -0.39 is 0 Å². The van der Waals surface area contributed by atoms with E-state index in [2.05, 4.69) is 33.9 Å². The van der Waals surface area contributed by atoms with Crippen LogP contribution in [0, 0.1) is 0 Å². The fraction of sp³-hybridized carbons (Fsp3) is 0.278. The maximum absolute atomic E-state index is 5.71. The summed E-state index contributed by atoms with van der Waals surface area (Å²) >= 11 is 0. The molecule has 0 fully saturated rings. The number of hydrogen-bond acceptors (Lipinski definition) is 3. The minimum atomic E-state index is 0.669. The van der Waals surface area contributed by atoms with E-state index >= 15 is 0 Å². The van der Waals surface area contributed by atoms with Crippen molar-refractivity contribution in [2.75, 3.05) is 13.7 Å². The first kappa shape index (κ1) is 14.6. The van der Waals surface area contributed by atoms with Crippen molar-refractivity contribution in [2.24, 2.45) is 0 Å². The Balaban J connectivity index is 1.49. The normalized spacial score (nSPS) is 11.0. The van der Waals surface area contributed by atoms with Crippen molar-refractivity contribution in [1.82, 2.24) is 9.55 Å². The Morgan fingerprint density at radius 1 is 1.14 bits per heavy atom. The fourth-order valence-corrected chi connectivity index (χ4v) is 2.45. The quantitative estimate of drug-likeness (QED) is 0.624. The molecule has 0 N–H and O–H groups in total. The number of benzene rings is 1. The van der Waals surface area contributed by atoms with Crippen LogP contribution in [0.2, 0.25) is 0 Å². The van der Waals surface area contributed by atoms with Crippen LogP contribution in [0.5, 0.6) is 5.75 Å². The molecule has 0 unspecified atom stereocenters. The number of rotatable bonds is 7. The lowest BCUT2D eigenvalue weighted by molar-refractivity contribution is 0.116. The summed E-state index contributed by atoms with van der Waals surface area (Å²) in [6, 6.07) is 14.3. The van der Waals surface area contributed by atoms with Gasteiger partial charge >= 0.3 is 0 Å². The molecule has 0 atom stereocenters. The van der Waals surface area contributed by atoms with Crippen molar-refractivity contribution in [3.63, 3.8) is 0 Å². The van der Waals surface area contributed by atoms with Gasteiger partial charge in [-0.3, -0.25) is 0 Å². The number of aryl methyl sites for hydroxylation is 1. The molecule has 3 aromatic rings. The Morgan fingerprint density at radius 2 is 2.00 bits per heavy atom. The number of pyridine rings is 1. The third-order valence-electron chi connectivity index (χ3n) is 3.61. The van der Waals surface area contributed by atoms with Crippen molar-refractivity contribution in [1.29, 1.82) is 0 Å². The van der Waals surface area contributed by atoms with Crippen molar-refractivity contribution in [3.8, 4) is 5.75 Å². The van der Waals surface area contributed by atoms with E-state index in [0.717, 1.165) is 36.4 Å². The van der Waals surface area contributed by atoms with Gasteiger partial charge in [-0.05, 0) is 24.1 Å². The summed E-state index contributed by atoms with van der Waals surface area (Å²) in [5.41, 5.74) is 2.20. The molecule has 2 heterocycles. The predicted octanol–water partition coefficient (Wildman–Crippen LogP) is 3.65. The molecule has 0 spiro atoms. The van der Waals surface area contributed by atoms with E-state index in [1.165, 1.54) is 5.56 Å². The summed E-state index contributed by atoms with van der Waals surface area (Å²) in [6.07, 6.45) is 4.78. The Labute approximate surface area is 130 Å². The minimum Gasteiger partial charge on any atom is -0.495 e. The van der Waals surface area contributed by atoms with Gasteiger partial charge in [0.2, 0.25) is 0 Å². The maximum atomic E-state index is 5.71. The average molecular weight is 296 g/mol. The molecule has 2 aromatic heterocycles. The Hall–Kier alpha value is -2.33. The molecular weight excluding hydrogens is 276 g/mol. The second-order valence-corrected chi connectivity index (χ2v) is 5.19. The highest BCUT2D eigenvalue weighted by atomic mass is 16.5. The average Bonchev–Trinajstić information content (AvgIpc) is 2.97. The van der Waals surface area contributed by atoms with Gasteiger partial charge in [0.1, 0.15) is 11.4 Å².